The lowest BCUT2D eigenvalue weighted by Gasteiger charge is -2.15. The van der Waals surface area contributed by atoms with Crippen LogP contribution in [0, 0.1) is 0 Å². The molecule has 0 saturated heterocycles. The van der Waals surface area contributed by atoms with Crippen molar-refractivity contribution in [3.05, 3.63) is 36.0 Å². The first-order valence-corrected chi connectivity index (χ1v) is 6.54. The Hall–Kier alpha value is -1.61. The highest BCUT2D eigenvalue weighted by molar-refractivity contribution is 5.87. The highest BCUT2D eigenvalue weighted by Gasteiger charge is 2.11. The Balaban J connectivity index is 2.51. The molecule has 2 aromatic rings. The third-order valence-corrected chi connectivity index (χ3v) is 3.07. The molecule has 1 heterocycles. The Morgan fingerprint density at radius 3 is 2.83 bits per heavy atom. The molecule has 1 aromatic carbocycles. The van der Waals surface area contributed by atoms with Crippen LogP contribution in [0.2, 0.25) is 0 Å². The molecule has 1 aromatic heterocycles. The molecule has 0 aliphatic heterocycles. The fourth-order valence-corrected chi connectivity index (χ4v) is 2.04. The van der Waals surface area contributed by atoms with Gasteiger partial charge in [-0.1, -0.05) is 26.0 Å². The number of hydrogen-bond acceptors (Lipinski definition) is 3. The number of nitrogens with zero attached hydrogens (tertiary/aromatic N) is 1. The number of aromatic nitrogens is 1. The summed E-state index contributed by atoms with van der Waals surface area (Å²) < 4.78 is 5.73. The Morgan fingerprint density at radius 2 is 2.11 bits per heavy atom. The van der Waals surface area contributed by atoms with E-state index in [1.807, 2.05) is 12.1 Å². The lowest BCUT2D eigenvalue weighted by Crippen LogP contribution is -2.09. The van der Waals surface area contributed by atoms with E-state index in [0.717, 1.165) is 35.1 Å². The molecule has 96 valence electrons. The molecule has 0 aliphatic rings. The van der Waals surface area contributed by atoms with E-state index in [0.29, 0.717) is 6.61 Å². The standard InChI is InChI=1S/C15H20N2O/c1-3-10-18-14-8-7-11(13(16)4-2)12-6-5-9-17-15(12)14/h5-9,13H,3-4,10,16H2,1-2H3. The van der Waals surface area contributed by atoms with E-state index in [1.54, 1.807) is 6.20 Å². The predicted molar refractivity (Wildman–Crippen MR) is 74.7 cm³/mol. The molecule has 1 atom stereocenters. The lowest BCUT2D eigenvalue weighted by atomic mass is 10.00. The summed E-state index contributed by atoms with van der Waals surface area (Å²) in [6.07, 6.45) is 3.70. The summed E-state index contributed by atoms with van der Waals surface area (Å²) in [6.45, 7) is 4.90. The van der Waals surface area contributed by atoms with Gasteiger partial charge in [-0.3, -0.25) is 4.98 Å². The number of ether oxygens (including phenoxy) is 1. The van der Waals surface area contributed by atoms with Gasteiger partial charge < -0.3 is 10.5 Å². The first-order chi connectivity index (χ1) is 8.77. The van der Waals surface area contributed by atoms with Gasteiger partial charge in [0.15, 0.2) is 0 Å². The van der Waals surface area contributed by atoms with Crippen LogP contribution in [0.15, 0.2) is 30.5 Å². The van der Waals surface area contributed by atoms with Crippen molar-refractivity contribution >= 4 is 10.9 Å². The van der Waals surface area contributed by atoms with Crippen LogP contribution in [-0.4, -0.2) is 11.6 Å². The number of fused-ring (bicyclic) bond motifs is 1. The molecular formula is C15H20N2O. The lowest BCUT2D eigenvalue weighted by molar-refractivity contribution is 0.320. The molecule has 18 heavy (non-hydrogen) atoms. The van der Waals surface area contributed by atoms with E-state index in [1.165, 1.54) is 0 Å². The van der Waals surface area contributed by atoms with Crippen LogP contribution in [0.4, 0.5) is 0 Å². The molecular weight excluding hydrogens is 224 g/mol. The van der Waals surface area contributed by atoms with Crippen molar-refractivity contribution in [2.24, 2.45) is 5.73 Å². The fraction of sp³-hybridized carbons (Fsp3) is 0.400. The maximum Gasteiger partial charge on any atom is 0.145 e. The topological polar surface area (TPSA) is 48.1 Å². The molecule has 0 spiro atoms. The Kier molecular flexibility index (Phi) is 4.15. The normalized spacial score (nSPS) is 12.6. The Morgan fingerprint density at radius 1 is 1.28 bits per heavy atom. The molecule has 0 aliphatic carbocycles. The van der Waals surface area contributed by atoms with Gasteiger partial charge in [0.25, 0.3) is 0 Å². The number of nitrogens with two attached hydrogens (primary N) is 1. The third kappa shape index (κ3) is 2.46. The van der Waals surface area contributed by atoms with Crippen molar-refractivity contribution in [2.45, 2.75) is 32.7 Å². The maximum atomic E-state index is 6.14. The highest BCUT2D eigenvalue weighted by atomic mass is 16.5. The molecule has 0 amide bonds. The van der Waals surface area contributed by atoms with Crippen LogP contribution < -0.4 is 10.5 Å². The molecule has 0 bridgehead atoms. The average Bonchev–Trinajstić information content (AvgIpc) is 2.43. The van der Waals surface area contributed by atoms with E-state index in [9.17, 15) is 0 Å². The van der Waals surface area contributed by atoms with Crippen molar-refractivity contribution in [2.75, 3.05) is 6.61 Å². The van der Waals surface area contributed by atoms with Crippen LogP contribution in [-0.2, 0) is 0 Å². The number of rotatable bonds is 5. The Bertz CT molecular complexity index is 525. The van der Waals surface area contributed by atoms with Crippen LogP contribution in [0.3, 0.4) is 0 Å². The molecule has 2 rings (SSSR count). The van der Waals surface area contributed by atoms with E-state index in [4.69, 9.17) is 10.5 Å². The van der Waals surface area contributed by atoms with Crippen LogP contribution in [0.25, 0.3) is 10.9 Å². The molecule has 2 N–H and O–H groups in total. The monoisotopic (exact) mass is 244 g/mol. The summed E-state index contributed by atoms with van der Waals surface area (Å²) in [7, 11) is 0. The zero-order chi connectivity index (χ0) is 13.0. The summed E-state index contributed by atoms with van der Waals surface area (Å²) in [5.41, 5.74) is 8.19. The number of benzene rings is 1. The number of pyridine rings is 1. The third-order valence-electron chi connectivity index (χ3n) is 3.07. The van der Waals surface area contributed by atoms with Crippen LogP contribution in [0.1, 0.15) is 38.3 Å². The molecule has 3 nitrogen and oxygen atoms in total. The van der Waals surface area contributed by atoms with Gasteiger partial charge in [-0.05, 0) is 30.5 Å². The molecule has 3 heteroatoms. The molecule has 1 unspecified atom stereocenters. The second kappa shape index (κ2) is 5.83. The van der Waals surface area contributed by atoms with E-state index in [-0.39, 0.29) is 6.04 Å². The van der Waals surface area contributed by atoms with E-state index in [2.05, 4.69) is 31.0 Å². The minimum Gasteiger partial charge on any atom is -0.491 e. The van der Waals surface area contributed by atoms with Gasteiger partial charge in [-0.2, -0.15) is 0 Å². The largest absolute Gasteiger partial charge is 0.491 e. The first-order valence-electron chi connectivity index (χ1n) is 6.54. The molecule has 0 saturated carbocycles. The van der Waals surface area contributed by atoms with Gasteiger partial charge in [0.05, 0.1) is 6.61 Å². The summed E-state index contributed by atoms with van der Waals surface area (Å²) in [4.78, 5) is 4.43. The summed E-state index contributed by atoms with van der Waals surface area (Å²) >= 11 is 0. The van der Waals surface area contributed by atoms with Crippen LogP contribution in [0.5, 0.6) is 5.75 Å². The quantitative estimate of drug-likeness (QED) is 0.876. The summed E-state index contributed by atoms with van der Waals surface area (Å²) in [6, 6.07) is 8.10. The van der Waals surface area contributed by atoms with Crippen molar-refractivity contribution in [1.82, 2.24) is 4.98 Å². The van der Waals surface area contributed by atoms with Crippen molar-refractivity contribution < 1.29 is 4.74 Å². The van der Waals surface area contributed by atoms with Gasteiger partial charge >= 0.3 is 0 Å². The van der Waals surface area contributed by atoms with Crippen molar-refractivity contribution in [1.29, 1.82) is 0 Å². The SMILES string of the molecule is CCCOc1ccc(C(N)CC)c2cccnc12. The maximum absolute atomic E-state index is 6.14. The Labute approximate surface area is 108 Å². The summed E-state index contributed by atoms with van der Waals surface area (Å²) in [5.74, 6) is 0.847. The zero-order valence-electron chi connectivity index (χ0n) is 11.0. The highest BCUT2D eigenvalue weighted by Crippen LogP contribution is 2.30. The van der Waals surface area contributed by atoms with Crippen molar-refractivity contribution in [3.8, 4) is 5.75 Å². The van der Waals surface area contributed by atoms with E-state index >= 15 is 0 Å². The van der Waals surface area contributed by atoms with E-state index < -0.39 is 0 Å². The second-order valence-corrected chi connectivity index (χ2v) is 4.42. The minimum absolute atomic E-state index is 0.0527. The summed E-state index contributed by atoms with van der Waals surface area (Å²) in [5, 5.41) is 1.10. The van der Waals surface area contributed by atoms with Gasteiger partial charge in [0.2, 0.25) is 0 Å². The second-order valence-electron chi connectivity index (χ2n) is 4.42. The molecule has 0 fully saturated rings. The van der Waals surface area contributed by atoms with Crippen LogP contribution >= 0.6 is 0 Å². The first kappa shape index (κ1) is 12.8. The number of hydrogen-bond donors (Lipinski definition) is 1. The van der Waals surface area contributed by atoms with Gasteiger partial charge in [0.1, 0.15) is 11.3 Å². The minimum atomic E-state index is 0.0527. The predicted octanol–water partition coefficient (Wildman–Crippen LogP) is 3.43. The zero-order valence-corrected chi connectivity index (χ0v) is 11.0. The smallest absolute Gasteiger partial charge is 0.145 e. The average molecular weight is 244 g/mol. The van der Waals surface area contributed by atoms with Gasteiger partial charge in [0, 0.05) is 17.6 Å². The molecule has 0 radical (unpaired) electrons. The van der Waals surface area contributed by atoms with Crippen molar-refractivity contribution in [3.63, 3.8) is 0 Å². The fourth-order valence-electron chi connectivity index (χ4n) is 2.04. The van der Waals surface area contributed by atoms with Gasteiger partial charge in [-0.25, -0.2) is 0 Å². The van der Waals surface area contributed by atoms with Gasteiger partial charge in [-0.15, -0.1) is 0 Å².